The van der Waals surface area contributed by atoms with E-state index in [1.165, 1.54) is 20.5 Å². The van der Waals surface area contributed by atoms with Crippen LogP contribution in [-0.4, -0.2) is 37.5 Å². The summed E-state index contributed by atoms with van der Waals surface area (Å²) >= 11 is 1.52. The van der Waals surface area contributed by atoms with Gasteiger partial charge in [-0.3, -0.25) is 4.79 Å². The molecule has 1 aliphatic heterocycles. The second kappa shape index (κ2) is 7.44. The molecule has 0 spiro atoms. The van der Waals surface area contributed by atoms with E-state index in [4.69, 9.17) is 0 Å². The molecule has 1 aliphatic carbocycles. The van der Waals surface area contributed by atoms with Gasteiger partial charge < -0.3 is 5.32 Å². The highest BCUT2D eigenvalue weighted by atomic mass is 32.2. The van der Waals surface area contributed by atoms with Crippen molar-refractivity contribution < 1.29 is 13.2 Å². The Balaban J connectivity index is 1.62. The first kappa shape index (κ1) is 18.4. The fraction of sp³-hybridized carbons (Fsp3) is 0.647. The molecule has 3 rings (SSSR count). The predicted octanol–water partition coefficient (Wildman–Crippen LogP) is 2.50. The first-order valence-electron chi connectivity index (χ1n) is 8.79. The predicted molar refractivity (Wildman–Crippen MR) is 98.1 cm³/mol. The largest absolute Gasteiger partial charge is 0.316 e. The molecule has 0 saturated carbocycles. The second-order valence-corrected chi connectivity index (χ2v) is 9.85. The van der Waals surface area contributed by atoms with Crippen LogP contribution >= 0.6 is 11.3 Å². The number of fused-ring (bicyclic) bond motifs is 1. The Morgan fingerprint density at radius 2 is 2.08 bits per heavy atom. The standard InChI is InChI=1S/C17H23N3O3S2/c1-2-10-25(22,23)20-8-6-12(7-9-20)16(21)19-17-14(11-18)13-4-3-5-15(13)24-17/h12H,2-10H2,1H3,(H,19,21). The number of hydrogen-bond donors (Lipinski definition) is 1. The van der Waals surface area contributed by atoms with Crippen molar-refractivity contribution in [3.63, 3.8) is 0 Å². The molecule has 1 amide bonds. The van der Waals surface area contributed by atoms with Crippen LogP contribution in [-0.2, 0) is 27.7 Å². The molecule has 8 heteroatoms. The van der Waals surface area contributed by atoms with E-state index in [-0.39, 0.29) is 17.6 Å². The van der Waals surface area contributed by atoms with Gasteiger partial charge in [-0.1, -0.05) is 6.92 Å². The van der Waals surface area contributed by atoms with Crippen molar-refractivity contribution >= 4 is 32.3 Å². The number of anilines is 1. The van der Waals surface area contributed by atoms with E-state index in [2.05, 4.69) is 11.4 Å². The number of sulfonamides is 1. The van der Waals surface area contributed by atoms with Crippen molar-refractivity contribution in [2.75, 3.05) is 24.2 Å². The average molecular weight is 382 g/mol. The molecular weight excluding hydrogens is 358 g/mol. The zero-order valence-corrected chi connectivity index (χ0v) is 16.0. The highest BCUT2D eigenvalue weighted by Crippen LogP contribution is 2.39. The van der Waals surface area contributed by atoms with Gasteiger partial charge >= 0.3 is 0 Å². The Morgan fingerprint density at radius 1 is 1.36 bits per heavy atom. The van der Waals surface area contributed by atoms with Gasteiger partial charge in [-0.05, 0) is 44.1 Å². The highest BCUT2D eigenvalue weighted by molar-refractivity contribution is 7.89. The monoisotopic (exact) mass is 381 g/mol. The van der Waals surface area contributed by atoms with Gasteiger partial charge in [0.15, 0.2) is 0 Å². The van der Waals surface area contributed by atoms with Crippen LogP contribution in [0.3, 0.4) is 0 Å². The topological polar surface area (TPSA) is 90.3 Å². The molecule has 2 aliphatic rings. The van der Waals surface area contributed by atoms with Crippen molar-refractivity contribution in [2.45, 2.75) is 45.4 Å². The quantitative estimate of drug-likeness (QED) is 0.848. The maximum atomic E-state index is 12.6. The number of thiophene rings is 1. The fourth-order valence-corrected chi connectivity index (χ4v) is 6.39. The third-order valence-corrected chi connectivity index (χ3v) is 8.23. The molecule has 6 nitrogen and oxygen atoms in total. The Kier molecular flexibility index (Phi) is 5.46. The molecule has 1 saturated heterocycles. The Morgan fingerprint density at radius 3 is 2.72 bits per heavy atom. The molecule has 0 aromatic carbocycles. The van der Waals surface area contributed by atoms with E-state index in [9.17, 15) is 18.5 Å². The molecule has 0 atom stereocenters. The lowest BCUT2D eigenvalue weighted by Crippen LogP contribution is -2.42. The minimum atomic E-state index is -3.19. The van der Waals surface area contributed by atoms with Gasteiger partial charge in [0.1, 0.15) is 11.1 Å². The number of carbonyl (C=O) groups is 1. The zero-order chi connectivity index (χ0) is 18.0. The average Bonchev–Trinajstić information content (AvgIpc) is 3.15. The van der Waals surface area contributed by atoms with Crippen molar-refractivity contribution in [1.82, 2.24) is 4.31 Å². The summed E-state index contributed by atoms with van der Waals surface area (Å²) in [5.41, 5.74) is 1.72. The summed E-state index contributed by atoms with van der Waals surface area (Å²) in [4.78, 5) is 13.8. The van der Waals surface area contributed by atoms with Crippen LogP contribution in [0.15, 0.2) is 0 Å². The number of nitrogens with zero attached hydrogens (tertiary/aromatic N) is 2. The van der Waals surface area contributed by atoms with E-state index in [1.54, 1.807) is 0 Å². The SMILES string of the molecule is CCCS(=O)(=O)N1CCC(C(=O)Nc2sc3c(c2C#N)CCC3)CC1. The molecular formula is C17H23N3O3S2. The smallest absolute Gasteiger partial charge is 0.228 e. The summed E-state index contributed by atoms with van der Waals surface area (Å²) in [6.45, 7) is 2.64. The third-order valence-electron chi connectivity index (χ3n) is 4.95. The van der Waals surface area contributed by atoms with Gasteiger partial charge in [0, 0.05) is 23.9 Å². The summed E-state index contributed by atoms with van der Waals surface area (Å²) in [6.07, 6.45) is 4.64. The molecule has 0 radical (unpaired) electrons. The van der Waals surface area contributed by atoms with Crippen molar-refractivity contribution in [3.05, 3.63) is 16.0 Å². The van der Waals surface area contributed by atoms with Crippen molar-refractivity contribution in [3.8, 4) is 6.07 Å². The molecule has 2 heterocycles. The van der Waals surface area contributed by atoms with Crippen LogP contribution in [0.2, 0.25) is 0 Å². The molecule has 1 aromatic heterocycles. The molecule has 25 heavy (non-hydrogen) atoms. The highest BCUT2D eigenvalue weighted by Gasteiger charge is 2.31. The van der Waals surface area contributed by atoms with Gasteiger partial charge in [0.25, 0.3) is 0 Å². The molecule has 1 aromatic rings. The maximum Gasteiger partial charge on any atom is 0.228 e. The van der Waals surface area contributed by atoms with Gasteiger partial charge in [-0.2, -0.15) is 5.26 Å². The Hall–Kier alpha value is -1.43. The van der Waals surface area contributed by atoms with Crippen LogP contribution < -0.4 is 5.32 Å². The molecule has 0 unspecified atom stereocenters. The van der Waals surface area contributed by atoms with Crippen LogP contribution in [0.4, 0.5) is 5.00 Å². The maximum absolute atomic E-state index is 12.6. The molecule has 136 valence electrons. The fourth-order valence-electron chi connectivity index (χ4n) is 3.61. The van der Waals surface area contributed by atoms with Crippen molar-refractivity contribution in [1.29, 1.82) is 5.26 Å². The summed E-state index contributed by atoms with van der Waals surface area (Å²) in [7, 11) is -3.19. The van der Waals surface area contributed by atoms with Crippen LogP contribution in [0, 0.1) is 17.2 Å². The summed E-state index contributed by atoms with van der Waals surface area (Å²) in [5, 5.41) is 13.0. The summed E-state index contributed by atoms with van der Waals surface area (Å²) in [5.74, 6) is -0.128. The van der Waals surface area contributed by atoms with E-state index >= 15 is 0 Å². The lowest BCUT2D eigenvalue weighted by Gasteiger charge is -2.30. The van der Waals surface area contributed by atoms with Crippen LogP contribution in [0.5, 0.6) is 0 Å². The number of piperidine rings is 1. The van der Waals surface area contributed by atoms with Crippen LogP contribution in [0.1, 0.15) is 48.6 Å². The summed E-state index contributed by atoms with van der Waals surface area (Å²) < 4.78 is 25.7. The van der Waals surface area contributed by atoms with E-state index in [1.807, 2.05) is 6.92 Å². The van der Waals surface area contributed by atoms with E-state index < -0.39 is 10.0 Å². The number of aryl methyl sites for hydroxylation is 1. The van der Waals surface area contributed by atoms with Crippen LogP contribution in [0.25, 0.3) is 0 Å². The Bertz CT molecular complexity index is 800. The molecule has 0 bridgehead atoms. The number of carbonyl (C=O) groups excluding carboxylic acids is 1. The van der Waals surface area contributed by atoms with Gasteiger partial charge in [-0.25, -0.2) is 12.7 Å². The lowest BCUT2D eigenvalue weighted by molar-refractivity contribution is -0.120. The first-order chi connectivity index (χ1) is 12.0. The zero-order valence-electron chi connectivity index (χ0n) is 14.4. The number of nitrogens with one attached hydrogen (secondary N) is 1. The minimum absolute atomic E-state index is 0.0936. The normalized spacial score (nSPS) is 18.7. The Labute approximate surface area is 152 Å². The number of nitriles is 1. The first-order valence-corrected chi connectivity index (χ1v) is 11.2. The van der Waals surface area contributed by atoms with Gasteiger partial charge in [0.2, 0.25) is 15.9 Å². The van der Waals surface area contributed by atoms with E-state index in [0.29, 0.717) is 42.9 Å². The number of rotatable bonds is 5. The molecule has 1 fully saturated rings. The van der Waals surface area contributed by atoms with Crippen molar-refractivity contribution in [2.24, 2.45) is 5.92 Å². The minimum Gasteiger partial charge on any atom is -0.316 e. The summed E-state index contributed by atoms with van der Waals surface area (Å²) in [6, 6.07) is 2.23. The lowest BCUT2D eigenvalue weighted by atomic mass is 9.97. The van der Waals surface area contributed by atoms with Gasteiger partial charge in [-0.15, -0.1) is 11.3 Å². The number of hydrogen-bond acceptors (Lipinski definition) is 5. The van der Waals surface area contributed by atoms with E-state index in [0.717, 1.165) is 24.8 Å². The van der Waals surface area contributed by atoms with Gasteiger partial charge in [0.05, 0.1) is 11.3 Å². The second-order valence-electron chi connectivity index (χ2n) is 6.65. The molecule has 1 N–H and O–H groups in total. The number of amides is 1. The third kappa shape index (κ3) is 3.73.